The van der Waals surface area contributed by atoms with E-state index in [-0.39, 0.29) is 11.1 Å². The van der Waals surface area contributed by atoms with Crippen LogP contribution in [0.2, 0.25) is 0 Å². The second-order valence-electron chi connectivity index (χ2n) is 2.83. The van der Waals surface area contributed by atoms with Crippen molar-refractivity contribution in [2.24, 2.45) is 5.73 Å². The van der Waals surface area contributed by atoms with E-state index in [1.807, 2.05) is 0 Å². The lowest BCUT2D eigenvalue weighted by Crippen LogP contribution is -2.16. The number of carboxylic acid groups (broad SMARTS) is 1. The normalized spacial score (nSPS) is 12.5. The Morgan fingerprint density at radius 3 is 2.71 bits per heavy atom. The van der Waals surface area contributed by atoms with Crippen molar-refractivity contribution in [3.8, 4) is 0 Å². The molecule has 0 spiro atoms. The van der Waals surface area contributed by atoms with E-state index in [2.05, 4.69) is 0 Å². The first kappa shape index (κ1) is 10.6. The van der Waals surface area contributed by atoms with Crippen molar-refractivity contribution in [1.82, 2.24) is 0 Å². The molecule has 0 saturated heterocycles. The van der Waals surface area contributed by atoms with E-state index in [1.54, 1.807) is 0 Å². The third kappa shape index (κ3) is 2.07. The molecule has 0 aliphatic heterocycles. The lowest BCUT2D eigenvalue weighted by atomic mass is 10.0. The molecule has 0 fully saturated rings. The van der Waals surface area contributed by atoms with Gasteiger partial charge in [0.1, 0.15) is 5.82 Å². The Balaban J connectivity index is 3.14. The van der Waals surface area contributed by atoms with E-state index in [4.69, 9.17) is 15.9 Å². The summed E-state index contributed by atoms with van der Waals surface area (Å²) in [7, 11) is 0. The number of aromatic carboxylic acids is 1. The molecule has 4 nitrogen and oxygen atoms in total. The van der Waals surface area contributed by atoms with Gasteiger partial charge in [-0.15, -0.1) is 0 Å². The molecule has 0 bridgehead atoms. The summed E-state index contributed by atoms with van der Waals surface area (Å²) in [4.78, 5) is 10.5. The fourth-order valence-electron chi connectivity index (χ4n) is 1.06. The maximum atomic E-state index is 13.1. The van der Waals surface area contributed by atoms with E-state index >= 15 is 0 Å². The minimum Gasteiger partial charge on any atom is -0.478 e. The Kier molecular flexibility index (Phi) is 3.16. The van der Waals surface area contributed by atoms with Crippen LogP contribution in [0.5, 0.6) is 0 Å². The van der Waals surface area contributed by atoms with E-state index in [0.29, 0.717) is 0 Å². The molecule has 1 atom stereocenters. The third-order valence-electron chi connectivity index (χ3n) is 1.84. The van der Waals surface area contributed by atoms with E-state index < -0.39 is 24.4 Å². The number of carboxylic acids is 1. The van der Waals surface area contributed by atoms with Gasteiger partial charge in [-0.3, -0.25) is 0 Å². The highest BCUT2D eigenvalue weighted by atomic mass is 19.1. The average molecular weight is 199 g/mol. The van der Waals surface area contributed by atoms with Crippen LogP contribution in [0.25, 0.3) is 0 Å². The Labute approximate surface area is 79.8 Å². The fraction of sp³-hybridized carbons (Fsp3) is 0.222. The third-order valence-corrected chi connectivity index (χ3v) is 1.84. The molecule has 76 valence electrons. The van der Waals surface area contributed by atoms with Gasteiger partial charge in [-0.25, -0.2) is 9.18 Å². The molecule has 0 amide bonds. The number of halogens is 1. The quantitative estimate of drug-likeness (QED) is 0.662. The number of hydrogen-bond acceptors (Lipinski definition) is 3. The summed E-state index contributed by atoms with van der Waals surface area (Å²) in [6.07, 6.45) is 0. The highest BCUT2D eigenvalue weighted by Crippen LogP contribution is 2.16. The smallest absolute Gasteiger partial charge is 0.335 e. The number of benzene rings is 1. The second-order valence-corrected chi connectivity index (χ2v) is 2.83. The van der Waals surface area contributed by atoms with Gasteiger partial charge in [-0.1, -0.05) is 0 Å². The second kappa shape index (κ2) is 4.17. The summed E-state index contributed by atoms with van der Waals surface area (Å²) in [5, 5.41) is 17.3. The topological polar surface area (TPSA) is 83.5 Å². The minimum atomic E-state index is -1.16. The van der Waals surface area contributed by atoms with Gasteiger partial charge in [-0.05, 0) is 18.2 Å². The molecule has 0 aliphatic rings. The number of aliphatic hydroxyl groups excluding tert-OH is 1. The summed E-state index contributed by atoms with van der Waals surface area (Å²) in [5.74, 6) is -1.77. The van der Waals surface area contributed by atoms with Crippen LogP contribution in [-0.4, -0.2) is 22.8 Å². The largest absolute Gasteiger partial charge is 0.478 e. The van der Waals surface area contributed by atoms with Gasteiger partial charge in [0.15, 0.2) is 0 Å². The van der Waals surface area contributed by atoms with E-state index in [1.165, 1.54) is 0 Å². The monoisotopic (exact) mass is 199 g/mol. The summed E-state index contributed by atoms with van der Waals surface area (Å²) >= 11 is 0. The molecule has 0 aliphatic carbocycles. The van der Waals surface area contributed by atoms with Crippen LogP contribution in [-0.2, 0) is 0 Å². The molecule has 14 heavy (non-hydrogen) atoms. The van der Waals surface area contributed by atoms with Crippen molar-refractivity contribution in [2.75, 3.05) is 6.61 Å². The molecule has 0 aromatic heterocycles. The van der Waals surface area contributed by atoms with E-state index in [0.717, 1.165) is 18.2 Å². The highest BCUT2D eigenvalue weighted by molar-refractivity contribution is 5.87. The number of nitrogens with two attached hydrogens (primary N) is 1. The van der Waals surface area contributed by atoms with Gasteiger partial charge in [0.2, 0.25) is 0 Å². The Hall–Kier alpha value is -1.46. The van der Waals surface area contributed by atoms with Gasteiger partial charge < -0.3 is 15.9 Å². The number of rotatable bonds is 3. The van der Waals surface area contributed by atoms with Crippen molar-refractivity contribution in [1.29, 1.82) is 0 Å². The molecule has 1 rings (SSSR count). The first-order valence-electron chi connectivity index (χ1n) is 3.95. The maximum absolute atomic E-state index is 13.1. The van der Waals surface area contributed by atoms with Crippen molar-refractivity contribution in [3.05, 3.63) is 35.1 Å². The number of carbonyl (C=O) groups is 1. The molecule has 1 aromatic rings. The predicted molar refractivity (Wildman–Crippen MR) is 47.4 cm³/mol. The Morgan fingerprint density at radius 2 is 2.21 bits per heavy atom. The SMILES string of the molecule is NC(CO)c1cc(C(=O)O)ccc1F. The van der Waals surface area contributed by atoms with E-state index in [9.17, 15) is 9.18 Å². The van der Waals surface area contributed by atoms with Crippen molar-refractivity contribution < 1.29 is 19.4 Å². The molecular weight excluding hydrogens is 189 g/mol. The Bertz CT molecular complexity index is 354. The molecular formula is C9H10FNO3. The summed E-state index contributed by atoms with van der Waals surface area (Å²) in [6, 6.07) is 2.40. The zero-order valence-electron chi connectivity index (χ0n) is 7.27. The zero-order valence-corrected chi connectivity index (χ0v) is 7.27. The number of aliphatic hydroxyl groups is 1. The molecule has 5 heteroatoms. The molecule has 0 heterocycles. The first-order chi connectivity index (χ1) is 6.56. The molecule has 0 saturated carbocycles. The van der Waals surface area contributed by atoms with Crippen molar-refractivity contribution >= 4 is 5.97 Å². The molecule has 1 aromatic carbocycles. The number of hydrogen-bond donors (Lipinski definition) is 3. The molecule has 0 radical (unpaired) electrons. The van der Waals surface area contributed by atoms with Crippen LogP contribution in [0.15, 0.2) is 18.2 Å². The lowest BCUT2D eigenvalue weighted by molar-refractivity contribution is 0.0696. The zero-order chi connectivity index (χ0) is 10.7. The van der Waals surface area contributed by atoms with Gasteiger partial charge in [0.05, 0.1) is 18.2 Å². The van der Waals surface area contributed by atoms with Crippen LogP contribution in [0.3, 0.4) is 0 Å². The van der Waals surface area contributed by atoms with Crippen LogP contribution in [0.4, 0.5) is 4.39 Å². The summed E-state index contributed by atoms with van der Waals surface area (Å²) in [5.41, 5.74) is 5.34. The minimum absolute atomic E-state index is 0.00685. The van der Waals surface area contributed by atoms with Crippen molar-refractivity contribution in [3.63, 3.8) is 0 Å². The Morgan fingerprint density at radius 1 is 1.57 bits per heavy atom. The average Bonchev–Trinajstić information content (AvgIpc) is 2.17. The summed E-state index contributed by atoms with van der Waals surface area (Å²) in [6.45, 7) is -0.431. The van der Waals surface area contributed by atoms with Gasteiger partial charge in [0, 0.05) is 5.56 Å². The van der Waals surface area contributed by atoms with Crippen LogP contribution in [0.1, 0.15) is 22.0 Å². The van der Waals surface area contributed by atoms with Gasteiger partial charge in [0.25, 0.3) is 0 Å². The lowest BCUT2D eigenvalue weighted by Gasteiger charge is -2.10. The predicted octanol–water partition coefficient (Wildman–Crippen LogP) is 0.516. The maximum Gasteiger partial charge on any atom is 0.335 e. The van der Waals surface area contributed by atoms with Crippen LogP contribution < -0.4 is 5.73 Å². The first-order valence-corrected chi connectivity index (χ1v) is 3.95. The molecule has 4 N–H and O–H groups in total. The standard InChI is InChI=1S/C9H10FNO3/c10-7-2-1-5(9(13)14)3-6(7)8(11)4-12/h1-3,8,12H,4,11H2,(H,13,14). The molecule has 1 unspecified atom stereocenters. The van der Waals surface area contributed by atoms with Crippen LogP contribution in [0, 0.1) is 5.82 Å². The van der Waals surface area contributed by atoms with Gasteiger partial charge >= 0.3 is 5.97 Å². The van der Waals surface area contributed by atoms with Gasteiger partial charge in [-0.2, -0.15) is 0 Å². The van der Waals surface area contributed by atoms with Crippen LogP contribution >= 0.6 is 0 Å². The highest BCUT2D eigenvalue weighted by Gasteiger charge is 2.13. The summed E-state index contributed by atoms with van der Waals surface area (Å²) < 4.78 is 13.1. The van der Waals surface area contributed by atoms with Crippen molar-refractivity contribution in [2.45, 2.75) is 6.04 Å². The fourth-order valence-corrected chi connectivity index (χ4v) is 1.06.